The third-order valence-electron chi connectivity index (χ3n) is 7.06. The fraction of sp³-hybridized carbons (Fsp3) is 0.259. The number of carbonyl (C=O) groups is 1. The molecule has 0 atom stereocenters. The molecule has 0 aliphatic heterocycles. The van der Waals surface area contributed by atoms with Gasteiger partial charge in [0, 0.05) is 0 Å². The average Bonchev–Trinajstić information content (AvgIpc) is 3.65. The molecule has 182 valence electrons. The second kappa shape index (κ2) is 8.37. The van der Waals surface area contributed by atoms with Crippen LogP contribution in [0.4, 0.5) is 11.4 Å². The molecule has 36 heavy (non-hydrogen) atoms. The summed E-state index contributed by atoms with van der Waals surface area (Å²) in [6.45, 7) is 1.76. The number of nitrogens with zero attached hydrogens (tertiary/aromatic N) is 3. The maximum absolute atomic E-state index is 13.2. The van der Waals surface area contributed by atoms with E-state index in [-0.39, 0.29) is 34.2 Å². The number of hydrogen-bond acceptors (Lipinski definition) is 6. The van der Waals surface area contributed by atoms with Crippen LogP contribution in [0, 0.1) is 6.92 Å². The lowest BCUT2D eigenvalue weighted by atomic mass is 10.0. The van der Waals surface area contributed by atoms with E-state index in [0.717, 1.165) is 55.3 Å². The third-order valence-corrected chi connectivity index (χ3v) is 7.06. The Morgan fingerprint density at radius 2 is 1.72 bits per heavy atom. The second-order valence-corrected chi connectivity index (χ2v) is 9.31. The first-order valence-electron chi connectivity index (χ1n) is 12.0. The highest BCUT2D eigenvalue weighted by molar-refractivity contribution is 5.86. The van der Waals surface area contributed by atoms with Gasteiger partial charge in [-0.2, -0.15) is 0 Å². The Hall–Kier alpha value is -4.40. The molecule has 4 aromatic rings. The van der Waals surface area contributed by atoms with Crippen molar-refractivity contribution in [1.82, 2.24) is 9.78 Å². The Balaban J connectivity index is 1.41. The normalized spacial score (nSPS) is 14.5. The van der Waals surface area contributed by atoms with Crippen LogP contribution in [0.25, 0.3) is 17.0 Å². The van der Waals surface area contributed by atoms with Crippen molar-refractivity contribution < 1.29 is 19.4 Å². The number of nitrogens with one attached hydrogen (secondary N) is 1. The van der Waals surface area contributed by atoms with Gasteiger partial charge in [0.2, 0.25) is 5.76 Å². The lowest BCUT2D eigenvalue weighted by molar-refractivity contribution is 0.0663. The number of aromatic carboxylic acids is 1. The number of aromatic hydroxyl groups is 1. The zero-order chi connectivity index (χ0) is 25.0. The van der Waals surface area contributed by atoms with E-state index >= 15 is 0 Å². The van der Waals surface area contributed by atoms with Crippen molar-refractivity contribution in [1.29, 1.82) is 0 Å². The summed E-state index contributed by atoms with van der Waals surface area (Å²) in [5, 5.41) is 32.0. The van der Waals surface area contributed by atoms with E-state index < -0.39 is 5.97 Å². The van der Waals surface area contributed by atoms with Crippen LogP contribution in [0.1, 0.15) is 51.3 Å². The number of H-pyrrole nitrogens is 1. The van der Waals surface area contributed by atoms with Crippen molar-refractivity contribution >= 4 is 17.3 Å². The maximum atomic E-state index is 13.2. The predicted octanol–water partition coefficient (Wildman–Crippen LogP) is 5.53. The van der Waals surface area contributed by atoms with Gasteiger partial charge in [-0.1, -0.05) is 6.07 Å². The van der Waals surface area contributed by atoms with Gasteiger partial charge in [-0.25, -0.2) is 9.48 Å². The number of aromatic amines is 1. The van der Waals surface area contributed by atoms with E-state index in [4.69, 9.17) is 4.42 Å². The molecular formula is C27H24N4O5. The van der Waals surface area contributed by atoms with Gasteiger partial charge in [-0.15, -0.1) is 10.2 Å². The highest BCUT2D eigenvalue weighted by atomic mass is 16.4. The Kier molecular flexibility index (Phi) is 5.13. The van der Waals surface area contributed by atoms with Gasteiger partial charge in [0.1, 0.15) is 11.4 Å². The number of furan rings is 1. The number of fused-ring (bicyclic) bond motifs is 2. The zero-order valence-corrected chi connectivity index (χ0v) is 19.7. The number of aromatic nitrogens is 2. The molecule has 0 unspecified atom stereocenters. The molecule has 2 aliphatic carbocycles. The van der Waals surface area contributed by atoms with Crippen molar-refractivity contribution in [3.8, 4) is 22.8 Å². The highest BCUT2D eigenvalue weighted by Gasteiger charge is 2.25. The molecule has 0 saturated heterocycles. The number of phenols is 1. The van der Waals surface area contributed by atoms with E-state index in [9.17, 15) is 19.8 Å². The average molecular weight is 485 g/mol. The molecule has 0 radical (unpaired) electrons. The standard InChI is InChI=1S/C27H24N4O5/c1-14-23(26(33)31(30-14)18-9-8-15-4-2-5-16(15)12-18)28-29-24-19-7-3-6-17(19)13-20(25(24)32)21-10-11-22(36-21)27(34)35/h8-13,30,32H,2-7H2,1H3,(H,34,35). The topological polar surface area (TPSA) is 133 Å². The van der Waals surface area contributed by atoms with Gasteiger partial charge in [0.15, 0.2) is 11.4 Å². The monoisotopic (exact) mass is 484 g/mol. The quantitative estimate of drug-likeness (QED) is 0.320. The lowest BCUT2D eigenvalue weighted by Crippen LogP contribution is -2.14. The molecule has 3 N–H and O–H groups in total. The number of carboxylic acid groups (broad SMARTS) is 1. The smallest absolute Gasteiger partial charge is 0.371 e. The predicted molar refractivity (Wildman–Crippen MR) is 132 cm³/mol. The highest BCUT2D eigenvalue weighted by Crippen LogP contribution is 2.45. The Labute approximate surface area is 205 Å². The zero-order valence-electron chi connectivity index (χ0n) is 19.7. The Bertz CT molecular complexity index is 1620. The van der Waals surface area contributed by atoms with Crippen LogP contribution in [0.3, 0.4) is 0 Å². The molecule has 0 amide bonds. The van der Waals surface area contributed by atoms with Crippen molar-refractivity contribution in [2.75, 3.05) is 0 Å². The summed E-state index contributed by atoms with van der Waals surface area (Å²) in [5.41, 5.74) is 6.23. The van der Waals surface area contributed by atoms with Crippen LogP contribution < -0.4 is 5.56 Å². The SMILES string of the molecule is Cc1[nH]n(-c2ccc3c(c2)CCC3)c(=O)c1N=Nc1c(O)c(-c2ccc(C(=O)O)o2)cc2c1CCC2. The number of rotatable bonds is 5. The summed E-state index contributed by atoms with van der Waals surface area (Å²) >= 11 is 0. The molecule has 0 saturated carbocycles. The van der Waals surface area contributed by atoms with Crippen LogP contribution in [0.5, 0.6) is 5.75 Å². The summed E-state index contributed by atoms with van der Waals surface area (Å²) in [6, 6.07) is 10.7. The van der Waals surface area contributed by atoms with Crippen molar-refractivity contribution in [2.24, 2.45) is 10.2 Å². The Morgan fingerprint density at radius 1 is 0.972 bits per heavy atom. The fourth-order valence-electron chi connectivity index (χ4n) is 5.24. The molecular weight excluding hydrogens is 460 g/mol. The van der Waals surface area contributed by atoms with Gasteiger partial charge in [-0.3, -0.25) is 9.89 Å². The molecule has 9 nitrogen and oxygen atoms in total. The molecule has 0 bridgehead atoms. The summed E-state index contributed by atoms with van der Waals surface area (Å²) in [6.07, 6.45) is 5.62. The number of azo groups is 1. The summed E-state index contributed by atoms with van der Waals surface area (Å²) in [4.78, 5) is 24.5. The first-order valence-corrected chi connectivity index (χ1v) is 12.0. The molecule has 6 rings (SSSR count). The van der Waals surface area contributed by atoms with E-state index in [1.165, 1.54) is 27.9 Å². The van der Waals surface area contributed by atoms with E-state index in [1.54, 1.807) is 6.92 Å². The summed E-state index contributed by atoms with van der Waals surface area (Å²) in [5.74, 6) is -1.34. The van der Waals surface area contributed by atoms with Crippen molar-refractivity contribution in [3.05, 3.63) is 80.5 Å². The first-order chi connectivity index (χ1) is 17.4. The molecule has 2 aliphatic rings. The van der Waals surface area contributed by atoms with Crippen LogP contribution in [-0.2, 0) is 25.7 Å². The molecule has 2 heterocycles. The first kappa shape index (κ1) is 22.1. The number of hydrogen-bond donors (Lipinski definition) is 3. The molecule has 2 aromatic carbocycles. The fourth-order valence-corrected chi connectivity index (χ4v) is 5.24. The van der Waals surface area contributed by atoms with Crippen molar-refractivity contribution in [2.45, 2.75) is 45.4 Å². The number of carboxylic acids is 1. The Morgan fingerprint density at radius 3 is 2.53 bits per heavy atom. The minimum atomic E-state index is -1.19. The van der Waals surface area contributed by atoms with Gasteiger partial charge < -0.3 is 14.6 Å². The summed E-state index contributed by atoms with van der Waals surface area (Å²) < 4.78 is 6.89. The van der Waals surface area contributed by atoms with Crippen LogP contribution in [-0.4, -0.2) is 26.0 Å². The van der Waals surface area contributed by atoms with Gasteiger partial charge in [0.05, 0.1) is 16.9 Å². The third kappa shape index (κ3) is 3.55. The summed E-state index contributed by atoms with van der Waals surface area (Å²) in [7, 11) is 0. The van der Waals surface area contributed by atoms with Gasteiger partial charge in [0.25, 0.3) is 5.56 Å². The van der Waals surface area contributed by atoms with Crippen LogP contribution in [0.2, 0.25) is 0 Å². The largest absolute Gasteiger partial charge is 0.505 e. The van der Waals surface area contributed by atoms with Crippen LogP contribution >= 0.6 is 0 Å². The molecule has 0 fully saturated rings. The second-order valence-electron chi connectivity index (χ2n) is 9.31. The molecule has 2 aromatic heterocycles. The molecule has 9 heteroatoms. The maximum Gasteiger partial charge on any atom is 0.371 e. The number of phenolic OH excluding ortho intramolecular Hbond substituents is 1. The van der Waals surface area contributed by atoms with E-state index in [2.05, 4.69) is 21.4 Å². The van der Waals surface area contributed by atoms with Crippen molar-refractivity contribution in [3.63, 3.8) is 0 Å². The minimum absolute atomic E-state index is 0.155. The van der Waals surface area contributed by atoms with Crippen LogP contribution in [0.15, 0.2) is 55.8 Å². The van der Waals surface area contributed by atoms with E-state index in [0.29, 0.717) is 11.3 Å². The van der Waals surface area contributed by atoms with Gasteiger partial charge in [-0.05, 0) is 98.0 Å². The molecule has 0 spiro atoms. The number of aryl methyl sites for hydroxylation is 4. The number of benzene rings is 2. The van der Waals surface area contributed by atoms with Gasteiger partial charge >= 0.3 is 5.97 Å². The lowest BCUT2D eigenvalue weighted by Gasteiger charge is -2.10. The minimum Gasteiger partial charge on any atom is -0.505 e. The van der Waals surface area contributed by atoms with E-state index in [1.807, 2.05) is 18.2 Å².